The molecule has 0 aliphatic rings. The number of carboxylic acid groups (broad SMARTS) is 1. The van der Waals surface area contributed by atoms with Crippen molar-refractivity contribution in [1.82, 2.24) is 0 Å². The second-order valence-corrected chi connectivity index (χ2v) is 5.46. The largest absolute Gasteiger partial charge is 0.481 e. The SMILES string of the molecule is Cc1cccc(CNc2ccc(C(C)CC(=O)O)cc2)c1. The Morgan fingerprint density at radius 3 is 2.52 bits per heavy atom. The van der Waals surface area contributed by atoms with Crippen molar-refractivity contribution in [3.8, 4) is 0 Å². The van der Waals surface area contributed by atoms with E-state index in [4.69, 9.17) is 5.11 Å². The number of aliphatic carboxylic acids is 1. The van der Waals surface area contributed by atoms with E-state index < -0.39 is 5.97 Å². The van der Waals surface area contributed by atoms with E-state index in [0.717, 1.165) is 17.8 Å². The minimum atomic E-state index is -0.760. The number of hydrogen-bond acceptors (Lipinski definition) is 2. The van der Waals surface area contributed by atoms with Gasteiger partial charge in [0, 0.05) is 12.2 Å². The van der Waals surface area contributed by atoms with Gasteiger partial charge in [-0.25, -0.2) is 0 Å². The minimum absolute atomic E-state index is 0.0355. The molecular weight excluding hydrogens is 262 g/mol. The second-order valence-electron chi connectivity index (χ2n) is 5.46. The highest BCUT2D eigenvalue weighted by molar-refractivity contribution is 5.68. The summed E-state index contributed by atoms with van der Waals surface area (Å²) in [4.78, 5) is 10.7. The number of carbonyl (C=O) groups is 1. The Morgan fingerprint density at radius 1 is 1.19 bits per heavy atom. The Kier molecular flexibility index (Phi) is 4.99. The molecule has 2 aromatic rings. The average molecular weight is 283 g/mol. The van der Waals surface area contributed by atoms with Crippen molar-refractivity contribution in [3.63, 3.8) is 0 Å². The lowest BCUT2D eigenvalue weighted by molar-refractivity contribution is -0.137. The quantitative estimate of drug-likeness (QED) is 0.836. The van der Waals surface area contributed by atoms with Crippen LogP contribution in [0.15, 0.2) is 48.5 Å². The molecule has 1 atom stereocenters. The molecular formula is C18H21NO2. The molecule has 3 heteroatoms. The van der Waals surface area contributed by atoms with Gasteiger partial charge in [0.1, 0.15) is 0 Å². The Balaban J connectivity index is 1.95. The van der Waals surface area contributed by atoms with Crippen molar-refractivity contribution < 1.29 is 9.90 Å². The van der Waals surface area contributed by atoms with Crippen molar-refractivity contribution in [2.75, 3.05) is 5.32 Å². The number of carboxylic acids is 1. The van der Waals surface area contributed by atoms with E-state index in [2.05, 4.69) is 36.5 Å². The van der Waals surface area contributed by atoms with Gasteiger partial charge in [-0.1, -0.05) is 48.9 Å². The summed E-state index contributed by atoms with van der Waals surface area (Å²) >= 11 is 0. The van der Waals surface area contributed by atoms with Gasteiger partial charge in [-0.05, 0) is 36.1 Å². The van der Waals surface area contributed by atoms with Crippen molar-refractivity contribution >= 4 is 11.7 Å². The zero-order chi connectivity index (χ0) is 15.2. The van der Waals surface area contributed by atoms with Crippen LogP contribution < -0.4 is 5.32 Å². The average Bonchev–Trinajstić information content (AvgIpc) is 2.45. The fraction of sp³-hybridized carbons (Fsp3) is 0.278. The fourth-order valence-electron chi connectivity index (χ4n) is 2.34. The summed E-state index contributed by atoms with van der Waals surface area (Å²) in [7, 11) is 0. The maximum Gasteiger partial charge on any atom is 0.303 e. The Hall–Kier alpha value is -2.29. The molecule has 0 radical (unpaired) electrons. The Labute approximate surface area is 125 Å². The third-order valence-electron chi connectivity index (χ3n) is 3.54. The monoisotopic (exact) mass is 283 g/mol. The highest BCUT2D eigenvalue weighted by Crippen LogP contribution is 2.21. The highest BCUT2D eigenvalue weighted by atomic mass is 16.4. The summed E-state index contributed by atoms with van der Waals surface area (Å²) in [5, 5.41) is 12.2. The maximum absolute atomic E-state index is 10.7. The van der Waals surface area contributed by atoms with Crippen molar-refractivity contribution in [2.45, 2.75) is 32.7 Å². The summed E-state index contributed by atoms with van der Waals surface area (Å²) in [5.41, 5.74) is 4.60. The molecule has 0 aliphatic heterocycles. The molecule has 3 nitrogen and oxygen atoms in total. The molecule has 2 N–H and O–H groups in total. The minimum Gasteiger partial charge on any atom is -0.481 e. The Morgan fingerprint density at radius 2 is 1.90 bits per heavy atom. The molecule has 0 aromatic heterocycles. The lowest BCUT2D eigenvalue weighted by Gasteiger charge is -2.11. The molecule has 1 unspecified atom stereocenters. The van der Waals surface area contributed by atoms with Crippen LogP contribution in [0.1, 0.15) is 36.0 Å². The van der Waals surface area contributed by atoms with Gasteiger partial charge in [-0.2, -0.15) is 0 Å². The van der Waals surface area contributed by atoms with Gasteiger partial charge in [-0.3, -0.25) is 4.79 Å². The third kappa shape index (κ3) is 4.63. The van der Waals surface area contributed by atoms with Crippen LogP contribution in [0.25, 0.3) is 0 Å². The standard InChI is InChI=1S/C18H21NO2/c1-13-4-3-5-15(10-13)12-19-17-8-6-16(7-9-17)14(2)11-18(20)21/h3-10,14,19H,11-12H2,1-2H3,(H,20,21). The van der Waals surface area contributed by atoms with E-state index in [1.165, 1.54) is 11.1 Å². The molecule has 0 saturated carbocycles. The lowest BCUT2D eigenvalue weighted by Crippen LogP contribution is -2.03. The van der Waals surface area contributed by atoms with Gasteiger partial charge in [0.25, 0.3) is 0 Å². The van der Waals surface area contributed by atoms with Crippen LogP contribution in [0.3, 0.4) is 0 Å². The first-order valence-corrected chi connectivity index (χ1v) is 7.16. The number of aryl methyl sites for hydroxylation is 1. The first kappa shape index (κ1) is 15.1. The molecule has 0 aliphatic carbocycles. The summed E-state index contributed by atoms with van der Waals surface area (Å²) in [6.07, 6.45) is 0.163. The number of nitrogens with one attached hydrogen (secondary N) is 1. The maximum atomic E-state index is 10.7. The van der Waals surface area contributed by atoms with Gasteiger partial charge in [-0.15, -0.1) is 0 Å². The smallest absolute Gasteiger partial charge is 0.303 e. The zero-order valence-electron chi connectivity index (χ0n) is 12.5. The van der Waals surface area contributed by atoms with Crippen molar-refractivity contribution in [1.29, 1.82) is 0 Å². The first-order valence-electron chi connectivity index (χ1n) is 7.16. The van der Waals surface area contributed by atoms with Gasteiger partial charge < -0.3 is 10.4 Å². The molecule has 0 fully saturated rings. The molecule has 0 heterocycles. The van der Waals surface area contributed by atoms with Crippen LogP contribution in [-0.4, -0.2) is 11.1 Å². The molecule has 0 spiro atoms. The van der Waals surface area contributed by atoms with Crippen molar-refractivity contribution in [2.24, 2.45) is 0 Å². The number of benzene rings is 2. The molecule has 21 heavy (non-hydrogen) atoms. The predicted octanol–water partition coefficient (Wildman–Crippen LogP) is 4.19. The van der Waals surface area contributed by atoms with Gasteiger partial charge in [0.2, 0.25) is 0 Å². The van der Waals surface area contributed by atoms with Gasteiger partial charge >= 0.3 is 5.97 Å². The van der Waals surface area contributed by atoms with Crippen LogP contribution in [-0.2, 0) is 11.3 Å². The highest BCUT2D eigenvalue weighted by Gasteiger charge is 2.09. The predicted molar refractivity (Wildman–Crippen MR) is 85.6 cm³/mol. The second kappa shape index (κ2) is 6.93. The van der Waals surface area contributed by atoms with E-state index in [9.17, 15) is 4.79 Å². The van der Waals surface area contributed by atoms with Crippen LogP contribution in [0.2, 0.25) is 0 Å². The normalized spacial score (nSPS) is 11.9. The van der Waals surface area contributed by atoms with E-state index >= 15 is 0 Å². The van der Waals surface area contributed by atoms with Crippen molar-refractivity contribution in [3.05, 3.63) is 65.2 Å². The number of rotatable bonds is 6. The number of hydrogen-bond donors (Lipinski definition) is 2. The summed E-state index contributed by atoms with van der Waals surface area (Å²) in [6, 6.07) is 16.4. The van der Waals surface area contributed by atoms with Crippen LogP contribution >= 0.6 is 0 Å². The zero-order valence-corrected chi connectivity index (χ0v) is 12.5. The van der Waals surface area contributed by atoms with Crippen LogP contribution in [0.4, 0.5) is 5.69 Å². The summed E-state index contributed by atoms with van der Waals surface area (Å²) < 4.78 is 0. The number of anilines is 1. The molecule has 0 saturated heterocycles. The molecule has 0 bridgehead atoms. The molecule has 2 rings (SSSR count). The van der Waals surface area contributed by atoms with E-state index in [1.807, 2.05) is 31.2 Å². The fourth-order valence-corrected chi connectivity index (χ4v) is 2.34. The topological polar surface area (TPSA) is 49.3 Å². The summed E-state index contributed by atoms with van der Waals surface area (Å²) in [6.45, 7) is 4.80. The lowest BCUT2D eigenvalue weighted by atomic mass is 9.98. The third-order valence-corrected chi connectivity index (χ3v) is 3.54. The van der Waals surface area contributed by atoms with E-state index in [0.29, 0.717) is 0 Å². The van der Waals surface area contributed by atoms with Crippen LogP contribution in [0, 0.1) is 6.92 Å². The summed E-state index contributed by atoms with van der Waals surface area (Å²) in [5.74, 6) is -0.725. The van der Waals surface area contributed by atoms with Gasteiger partial charge in [0.15, 0.2) is 0 Å². The van der Waals surface area contributed by atoms with E-state index in [1.54, 1.807) is 0 Å². The van der Waals surface area contributed by atoms with E-state index in [-0.39, 0.29) is 12.3 Å². The molecule has 0 amide bonds. The molecule has 2 aromatic carbocycles. The first-order chi connectivity index (χ1) is 10.0. The van der Waals surface area contributed by atoms with Crippen LogP contribution in [0.5, 0.6) is 0 Å². The Bertz CT molecular complexity index is 605. The van der Waals surface area contributed by atoms with Gasteiger partial charge in [0.05, 0.1) is 6.42 Å². The molecule has 110 valence electrons.